The second kappa shape index (κ2) is 10.4. The zero-order valence-corrected chi connectivity index (χ0v) is 18.0. The maximum absolute atomic E-state index is 5.47. The number of aromatic nitrogens is 2. The van der Waals surface area contributed by atoms with Crippen molar-refractivity contribution < 1.29 is 9.26 Å². The minimum Gasteiger partial charge on any atom is -0.496 e. The fourth-order valence-electron chi connectivity index (χ4n) is 3.09. The highest BCUT2D eigenvalue weighted by molar-refractivity contribution is 5.79. The van der Waals surface area contributed by atoms with Gasteiger partial charge in [-0.1, -0.05) is 36.3 Å². The molecule has 0 amide bonds. The van der Waals surface area contributed by atoms with Crippen molar-refractivity contribution in [1.82, 2.24) is 20.8 Å². The molecule has 0 saturated heterocycles. The fraction of sp³-hybridized carbons (Fsp3) is 0.348. The molecular weight excluding hydrogens is 378 g/mol. The quantitative estimate of drug-likeness (QED) is 0.436. The number of hydrogen-bond donors (Lipinski definition) is 2. The maximum Gasteiger partial charge on any atom is 0.257 e. The van der Waals surface area contributed by atoms with Gasteiger partial charge in [-0.25, -0.2) is 0 Å². The van der Waals surface area contributed by atoms with Crippen LogP contribution in [0.5, 0.6) is 5.75 Å². The smallest absolute Gasteiger partial charge is 0.257 e. The molecule has 0 aliphatic rings. The molecule has 0 atom stereocenters. The standard InChI is InChI=1S/C23H29N5O2/c1-5-7-21-27-22(30-28-21)18-9-6-8-17(13-18)14-25-23(24-3)26-15-19-11-10-16(2)12-20(19)29-4/h6,8-13H,5,7,14-15H2,1-4H3,(H2,24,25,26). The summed E-state index contributed by atoms with van der Waals surface area (Å²) < 4.78 is 10.9. The Morgan fingerprint density at radius 2 is 1.97 bits per heavy atom. The highest BCUT2D eigenvalue weighted by Gasteiger charge is 2.09. The molecule has 3 rings (SSSR count). The fourth-order valence-corrected chi connectivity index (χ4v) is 3.09. The molecule has 0 aliphatic heterocycles. The molecule has 158 valence electrons. The second-order valence-corrected chi connectivity index (χ2v) is 7.06. The Kier molecular flexibility index (Phi) is 7.43. The van der Waals surface area contributed by atoms with E-state index in [0.29, 0.717) is 24.9 Å². The van der Waals surface area contributed by atoms with Gasteiger partial charge in [0.25, 0.3) is 5.89 Å². The summed E-state index contributed by atoms with van der Waals surface area (Å²) in [7, 11) is 3.44. The normalized spacial score (nSPS) is 11.4. The molecule has 7 nitrogen and oxygen atoms in total. The summed E-state index contributed by atoms with van der Waals surface area (Å²) in [6.07, 6.45) is 1.81. The number of aryl methyl sites for hydroxylation is 2. The zero-order valence-electron chi connectivity index (χ0n) is 18.0. The Labute approximate surface area is 177 Å². The lowest BCUT2D eigenvalue weighted by molar-refractivity contribution is 0.408. The van der Waals surface area contributed by atoms with Gasteiger partial charge in [0.1, 0.15) is 5.75 Å². The summed E-state index contributed by atoms with van der Waals surface area (Å²) >= 11 is 0. The maximum atomic E-state index is 5.47. The first-order valence-corrected chi connectivity index (χ1v) is 10.1. The molecule has 0 aliphatic carbocycles. The Balaban J connectivity index is 1.60. The number of guanidine groups is 1. The number of methoxy groups -OCH3 is 1. The lowest BCUT2D eigenvalue weighted by atomic mass is 10.1. The van der Waals surface area contributed by atoms with Crippen LogP contribution in [-0.4, -0.2) is 30.3 Å². The highest BCUT2D eigenvalue weighted by Crippen LogP contribution is 2.20. The average molecular weight is 408 g/mol. The lowest BCUT2D eigenvalue weighted by Gasteiger charge is -2.14. The SMILES string of the molecule is CCCc1noc(-c2cccc(CNC(=NC)NCc3ccc(C)cc3OC)c2)n1. The average Bonchev–Trinajstić information content (AvgIpc) is 3.24. The van der Waals surface area contributed by atoms with Crippen molar-refractivity contribution in [2.75, 3.05) is 14.2 Å². The first-order chi connectivity index (χ1) is 14.6. The van der Waals surface area contributed by atoms with Gasteiger partial charge in [0.15, 0.2) is 11.8 Å². The molecular formula is C23H29N5O2. The molecule has 0 spiro atoms. The second-order valence-electron chi connectivity index (χ2n) is 7.06. The molecule has 0 unspecified atom stereocenters. The van der Waals surface area contributed by atoms with Crippen molar-refractivity contribution in [3.8, 4) is 17.2 Å². The summed E-state index contributed by atoms with van der Waals surface area (Å²) in [4.78, 5) is 8.77. The lowest BCUT2D eigenvalue weighted by Crippen LogP contribution is -2.36. The molecule has 2 N–H and O–H groups in total. The monoisotopic (exact) mass is 407 g/mol. The number of nitrogens with zero attached hydrogens (tertiary/aromatic N) is 3. The number of aliphatic imine (C=N–C) groups is 1. The van der Waals surface area contributed by atoms with Crippen LogP contribution in [0.4, 0.5) is 0 Å². The van der Waals surface area contributed by atoms with E-state index in [0.717, 1.165) is 41.1 Å². The third-order valence-electron chi connectivity index (χ3n) is 4.69. The van der Waals surface area contributed by atoms with Crippen molar-refractivity contribution in [3.05, 3.63) is 65.0 Å². The summed E-state index contributed by atoms with van der Waals surface area (Å²) in [5, 5.41) is 10.7. The summed E-state index contributed by atoms with van der Waals surface area (Å²) in [6.45, 7) is 5.38. The van der Waals surface area contributed by atoms with E-state index in [-0.39, 0.29) is 0 Å². The molecule has 0 bridgehead atoms. The van der Waals surface area contributed by atoms with Crippen molar-refractivity contribution in [3.63, 3.8) is 0 Å². The number of rotatable bonds is 8. The van der Waals surface area contributed by atoms with Crippen molar-refractivity contribution in [1.29, 1.82) is 0 Å². The topological polar surface area (TPSA) is 84.6 Å². The number of ether oxygens (including phenoxy) is 1. The Bertz CT molecular complexity index is 997. The van der Waals surface area contributed by atoms with Crippen LogP contribution in [0.25, 0.3) is 11.5 Å². The summed E-state index contributed by atoms with van der Waals surface area (Å²) in [5.41, 5.74) is 4.25. The third kappa shape index (κ3) is 5.59. The number of benzene rings is 2. The summed E-state index contributed by atoms with van der Waals surface area (Å²) in [6, 6.07) is 14.2. The van der Waals surface area contributed by atoms with E-state index in [1.807, 2.05) is 31.2 Å². The van der Waals surface area contributed by atoms with E-state index in [1.54, 1.807) is 14.2 Å². The van der Waals surface area contributed by atoms with Crippen molar-refractivity contribution in [2.45, 2.75) is 39.8 Å². The van der Waals surface area contributed by atoms with Crippen LogP contribution in [0.2, 0.25) is 0 Å². The Morgan fingerprint density at radius 1 is 1.13 bits per heavy atom. The molecule has 3 aromatic rings. The van der Waals surface area contributed by atoms with Crippen LogP contribution in [0, 0.1) is 6.92 Å². The van der Waals surface area contributed by atoms with E-state index < -0.39 is 0 Å². The molecule has 2 aromatic carbocycles. The zero-order chi connectivity index (χ0) is 21.3. The van der Waals surface area contributed by atoms with Crippen LogP contribution in [-0.2, 0) is 19.5 Å². The highest BCUT2D eigenvalue weighted by atomic mass is 16.5. The van der Waals surface area contributed by atoms with Crippen molar-refractivity contribution in [2.24, 2.45) is 4.99 Å². The van der Waals surface area contributed by atoms with E-state index in [4.69, 9.17) is 9.26 Å². The third-order valence-corrected chi connectivity index (χ3v) is 4.69. The predicted molar refractivity (Wildman–Crippen MR) is 118 cm³/mol. The molecule has 30 heavy (non-hydrogen) atoms. The Morgan fingerprint density at radius 3 is 2.73 bits per heavy atom. The van der Waals surface area contributed by atoms with Crippen LogP contribution >= 0.6 is 0 Å². The van der Waals surface area contributed by atoms with E-state index in [1.165, 1.54) is 5.56 Å². The Hall–Kier alpha value is -3.35. The van der Waals surface area contributed by atoms with Gasteiger partial charge in [-0.2, -0.15) is 4.98 Å². The van der Waals surface area contributed by atoms with Crippen LogP contribution < -0.4 is 15.4 Å². The molecule has 0 fully saturated rings. The summed E-state index contributed by atoms with van der Waals surface area (Å²) in [5.74, 6) is 2.88. The van der Waals surface area contributed by atoms with Gasteiger partial charge >= 0.3 is 0 Å². The molecule has 1 heterocycles. The minimum absolute atomic E-state index is 0.550. The molecule has 1 aromatic heterocycles. The van der Waals surface area contributed by atoms with E-state index in [9.17, 15) is 0 Å². The predicted octanol–water partition coefficient (Wildman–Crippen LogP) is 3.87. The van der Waals surface area contributed by atoms with Crippen molar-refractivity contribution >= 4 is 5.96 Å². The largest absolute Gasteiger partial charge is 0.496 e. The van der Waals surface area contributed by atoms with Crippen LogP contribution in [0.1, 0.15) is 35.9 Å². The first kappa shape index (κ1) is 21.4. The van der Waals surface area contributed by atoms with Gasteiger partial charge in [0.05, 0.1) is 7.11 Å². The van der Waals surface area contributed by atoms with Gasteiger partial charge in [-0.3, -0.25) is 4.99 Å². The van der Waals surface area contributed by atoms with Crippen LogP contribution in [0.15, 0.2) is 52.0 Å². The van der Waals surface area contributed by atoms with Gasteiger partial charge in [-0.15, -0.1) is 0 Å². The van der Waals surface area contributed by atoms with Gasteiger partial charge in [0.2, 0.25) is 0 Å². The number of nitrogens with one attached hydrogen (secondary N) is 2. The molecule has 7 heteroatoms. The van der Waals surface area contributed by atoms with Gasteiger partial charge < -0.3 is 19.9 Å². The van der Waals surface area contributed by atoms with Gasteiger partial charge in [-0.05, 0) is 42.7 Å². The van der Waals surface area contributed by atoms with Gasteiger partial charge in [0, 0.05) is 37.7 Å². The molecule has 0 saturated carbocycles. The van der Waals surface area contributed by atoms with E-state index >= 15 is 0 Å². The van der Waals surface area contributed by atoms with Crippen LogP contribution in [0.3, 0.4) is 0 Å². The molecule has 0 radical (unpaired) electrons. The minimum atomic E-state index is 0.550. The van der Waals surface area contributed by atoms with E-state index in [2.05, 4.69) is 50.9 Å². The number of hydrogen-bond acceptors (Lipinski definition) is 5. The first-order valence-electron chi connectivity index (χ1n) is 10.1.